The summed E-state index contributed by atoms with van der Waals surface area (Å²) in [5, 5.41) is 42.1. The van der Waals surface area contributed by atoms with Gasteiger partial charge in [-0.1, -0.05) is 0 Å². The molecule has 0 saturated heterocycles. The second-order valence-electron chi connectivity index (χ2n) is 2.97. The number of carbonyl (C=O) groups is 1. The zero-order chi connectivity index (χ0) is 13.1. The Morgan fingerprint density at radius 3 is 1.76 bits per heavy atom. The van der Waals surface area contributed by atoms with Gasteiger partial charge in [-0.25, -0.2) is 0 Å². The maximum atomic E-state index is 10.7. The smallest absolute Gasteiger partial charge is 0.331 e. The predicted molar refractivity (Wildman–Crippen MR) is 47.7 cm³/mol. The number of carbonyl (C=O) groups excluding carboxylic acids is 1. The van der Waals surface area contributed by atoms with Crippen LogP contribution in [0.15, 0.2) is 0 Å². The van der Waals surface area contributed by atoms with Crippen LogP contribution >= 0.6 is 0 Å². The molecule has 0 saturated carbocycles. The minimum absolute atomic E-state index is 0. The Morgan fingerprint density at radius 2 is 1.47 bits per heavy atom. The van der Waals surface area contributed by atoms with Crippen molar-refractivity contribution in [1.29, 1.82) is 0 Å². The molecule has 9 nitrogen and oxygen atoms in total. The molecule has 0 aromatic rings. The Hall–Kier alpha value is 0.120. The first kappa shape index (κ1) is 19.5. The van der Waals surface area contributed by atoms with Crippen LogP contribution in [-0.2, 0) is 37.3 Å². The largest absolute Gasteiger partial charge is 0.394 e. The van der Waals surface area contributed by atoms with E-state index in [-0.39, 0.29) is 22.4 Å². The van der Waals surface area contributed by atoms with E-state index < -0.39 is 46.3 Å². The molecular weight excluding hydrogens is 445 g/mol. The van der Waals surface area contributed by atoms with E-state index in [1.54, 1.807) is 0 Å². The Labute approximate surface area is 112 Å². The molecule has 6 N–H and O–H groups in total. The van der Waals surface area contributed by atoms with Crippen LogP contribution in [0.25, 0.3) is 0 Å². The predicted octanol–water partition coefficient (Wildman–Crippen LogP) is -4.17. The van der Waals surface area contributed by atoms with E-state index in [1.807, 2.05) is 0 Å². The number of aliphatic hydroxyl groups excluding tert-OH is 5. The van der Waals surface area contributed by atoms with Gasteiger partial charge in [-0.15, -0.1) is 0 Å². The fourth-order valence-electron chi connectivity index (χ4n) is 0.814. The van der Waals surface area contributed by atoms with Gasteiger partial charge < -0.3 is 25.5 Å². The summed E-state index contributed by atoms with van der Waals surface area (Å²) in [4.78, 5) is 10.7. The van der Waals surface area contributed by atoms with E-state index in [4.69, 9.17) is 30.1 Å². The third-order valence-corrected chi connectivity index (χ3v) is 2.50. The molecule has 0 aliphatic carbocycles. The molecule has 0 aliphatic heterocycles. The van der Waals surface area contributed by atoms with Gasteiger partial charge in [0.25, 0.3) is 0 Å². The van der Waals surface area contributed by atoms with E-state index in [0.29, 0.717) is 0 Å². The summed E-state index contributed by atoms with van der Waals surface area (Å²) < 4.78 is 28.8. The standard InChI is InChI=1S/C6H12O9S.Au/c7-1-2(8)3(9)4(10)5(11)6(12)16(13,14)15;/h2-5,7-11H,1H2,(H,13,14,15);. The molecule has 17 heavy (non-hydrogen) atoms. The van der Waals surface area contributed by atoms with E-state index >= 15 is 0 Å². The molecule has 0 aliphatic rings. The number of hydrogen-bond acceptors (Lipinski definition) is 8. The molecule has 107 valence electrons. The molecule has 4 unspecified atom stereocenters. The zero-order valence-electron chi connectivity index (χ0n) is 8.13. The molecule has 0 aromatic carbocycles. The van der Waals surface area contributed by atoms with Crippen molar-refractivity contribution in [2.24, 2.45) is 0 Å². The molecule has 0 heterocycles. The Kier molecular flexibility index (Phi) is 8.62. The van der Waals surface area contributed by atoms with Crippen molar-refractivity contribution in [1.82, 2.24) is 0 Å². The van der Waals surface area contributed by atoms with Gasteiger partial charge >= 0.3 is 15.2 Å². The van der Waals surface area contributed by atoms with Crippen molar-refractivity contribution in [2.75, 3.05) is 6.61 Å². The van der Waals surface area contributed by atoms with Gasteiger partial charge in [0.15, 0.2) is 6.10 Å². The Balaban J connectivity index is 0. The van der Waals surface area contributed by atoms with Crippen LogP contribution in [0.2, 0.25) is 0 Å². The van der Waals surface area contributed by atoms with Gasteiger partial charge in [-0.2, -0.15) is 8.42 Å². The monoisotopic (exact) mass is 457 g/mol. The molecule has 0 bridgehead atoms. The molecule has 0 fully saturated rings. The molecule has 4 atom stereocenters. The number of hydrogen-bond donors (Lipinski definition) is 6. The molecule has 11 heteroatoms. The first-order chi connectivity index (χ1) is 7.12. The first-order valence-corrected chi connectivity index (χ1v) is 5.41. The van der Waals surface area contributed by atoms with Crippen LogP contribution in [0.3, 0.4) is 0 Å². The summed E-state index contributed by atoms with van der Waals surface area (Å²) in [7, 11) is -5.22. The van der Waals surface area contributed by atoms with Crippen LogP contribution in [-0.4, -0.2) is 74.6 Å². The maximum absolute atomic E-state index is 10.7. The minimum Gasteiger partial charge on any atom is -0.394 e. The second kappa shape index (κ2) is 7.53. The van der Waals surface area contributed by atoms with Crippen LogP contribution in [0.4, 0.5) is 0 Å². The van der Waals surface area contributed by atoms with E-state index in [0.717, 1.165) is 0 Å². The Bertz CT molecular complexity index is 341. The Morgan fingerprint density at radius 1 is 1.06 bits per heavy atom. The zero-order valence-corrected chi connectivity index (χ0v) is 11.1. The van der Waals surface area contributed by atoms with Gasteiger partial charge in [-0.05, 0) is 0 Å². The quantitative estimate of drug-likeness (QED) is 0.177. The van der Waals surface area contributed by atoms with Crippen LogP contribution < -0.4 is 0 Å². The van der Waals surface area contributed by atoms with Crippen molar-refractivity contribution in [3.63, 3.8) is 0 Å². The topological polar surface area (TPSA) is 173 Å². The molecule has 0 aromatic heterocycles. The molecule has 0 spiro atoms. The summed E-state index contributed by atoms with van der Waals surface area (Å²) in [6.07, 6.45) is -9.02. The van der Waals surface area contributed by atoms with Gasteiger partial charge in [0.1, 0.15) is 18.3 Å². The SMILES string of the molecule is O=C(C(O)C(O)C(O)C(O)CO)S(=O)(=O)O.[Au]. The van der Waals surface area contributed by atoms with Gasteiger partial charge in [-0.3, -0.25) is 9.35 Å². The minimum atomic E-state index is -5.22. The number of aliphatic hydroxyl groups is 5. The third-order valence-electron chi connectivity index (χ3n) is 1.75. The number of rotatable bonds is 5. The average molecular weight is 457 g/mol. The van der Waals surface area contributed by atoms with Crippen molar-refractivity contribution in [2.45, 2.75) is 24.4 Å². The summed E-state index contributed by atoms with van der Waals surface area (Å²) in [6, 6.07) is 0. The summed E-state index contributed by atoms with van der Waals surface area (Å²) >= 11 is 0. The van der Waals surface area contributed by atoms with Crippen LogP contribution in [0, 0.1) is 0 Å². The maximum Gasteiger partial charge on any atom is 0.331 e. The van der Waals surface area contributed by atoms with E-state index in [1.165, 1.54) is 0 Å². The molecule has 1 radical (unpaired) electrons. The summed E-state index contributed by atoms with van der Waals surface area (Å²) in [6.45, 7) is -0.981. The summed E-state index contributed by atoms with van der Waals surface area (Å²) in [5.41, 5.74) is 0. The molecular formula is C6H12AuO9S. The molecule has 0 amide bonds. The average Bonchev–Trinajstić information content (AvgIpc) is 2.22. The van der Waals surface area contributed by atoms with Crippen molar-refractivity contribution in [3.8, 4) is 0 Å². The van der Waals surface area contributed by atoms with Crippen molar-refractivity contribution >= 4 is 15.2 Å². The van der Waals surface area contributed by atoms with Crippen LogP contribution in [0.5, 0.6) is 0 Å². The van der Waals surface area contributed by atoms with Gasteiger partial charge in [0.2, 0.25) is 0 Å². The normalized spacial score (nSPS) is 18.7. The van der Waals surface area contributed by atoms with Crippen molar-refractivity contribution in [3.05, 3.63) is 0 Å². The van der Waals surface area contributed by atoms with Crippen molar-refractivity contribution < 1.29 is 65.7 Å². The summed E-state index contributed by atoms with van der Waals surface area (Å²) in [5.74, 6) is 0. The second-order valence-corrected chi connectivity index (χ2v) is 4.32. The van der Waals surface area contributed by atoms with Crippen LogP contribution in [0.1, 0.15) is 0 Å². The molecule has 0 rings (SSSR count). The van der Waals surface area contributed by atoms with Gasteiger partial charge in [0.05, 0.1) is 6.61 Å². The first-order valence-electron chi connectivity index (χ1n) is 3.97. The fourth-order valence-corrected chi connectivity index (χ4v) is 1.26. The fraction of sp³-hybridized carbons (Fsp3) is 0.833. The van der Waals surface area contributed by atoms with E-state index in [9.17, 15) is 13.2 Å². The third kappa shape index (κ3) is 5.52. The van der Waals surface area contributed by atoms with E-state index in [2.05, 4.69) is 0 Å². The van der Waals surface area contributed by atoms with Gasteiger partial charge in [0, 0.05) is 22.4 Å².